The molecule has 3 aliphatic carbocycles. The molecule has 8 aliphatic rings. The molecule has 5 fully saturated rings. The zero-order valence-electron chi connectivity index (χ0n) is 41.3. The van der Waals surface area contributed by atoms with Crippen molar-refractivity contribution < 1.29 is 39.0 Å². The maximum atomic E-state index is 15.2. The van der Waals surface area contributed by atoms with Crippen molar-refractivity contribution in [1.29, 1.82) is 0 Å². The van der Waals surface area contributed by atoms with Gasteiger partial charge in [-0.15, -0.1) is 0 Å². The van der Waals surface area contributed by atoms with Gasteiger partial charge in [0.2, 0.25) is 12.8 Å². The van der Waals surface area contributed by atoms with Crippen LogP contribution in [0.1, 0.15) is 111 Å². The van der Waals surface area contributed by atoms with Gasteiger partial charge in [-0.05, 0) is 113 Å². The molecule has 18 atom stereocenters. The molecule has 380 valence electrons. The maximum absolute atomic E-state index is 15.2. The molecular weight excluding hydrogens is 858 g/mol. The molecule has 16 nitrogen and oxygen atoms in total. The lowest BCUT2D eigenvalue weighted by Crippen LogP contribution is -2.61. The summed E-state index contributed by atoms with van der Waals surface area (Å²) in [5, 5.41) is 57.5. The normalized spacial score (nSPS) is 37.1. The lowest BCUT2D eigenvalue weighted by Gasteiger charge is -2.53. The predicted molar refractivity (Wildman–Crippen MR) is 258 cm³/mol. The van der Waals surface area contributed by atoms with Crippen molar-refractivity contribution >= 4 is 12.6 Å². The third-order valence-corrected chi connectivity index (χ3v) is 17.2. The Hall–Kier alpha value is -1.97. The van der Waals surface area contributed by atoms with Crippen LogP contribution in [0.3, 0.4) is 0 Å². The third-order valence-electron chi connectivity index (χ3n) is 17.2. The second-order valence-corrected chi connectivity index (χ2v) is 21.9. The van der Waals surface area contributed by atoms with E-state index in [0.29, 0.717) is 62.3 Å². The Bertz CT molecular complexity index is 1730. The second-order valence-electron chi connectivity index (χ2n) is 21.9. The van der Waals surface area contributed by atoms with Gasteiger partial charge in [0.25, 0.3) is 0 Å². The summed E-state index contributed by atoms with van der Waals surface area (Å²) in [4.78, 5) is 16.5. The first-order chi connectivity index (χ1) is 32.3. The van der Waals surface area contributed by atoms with Gasteiger partial charge in [-0.3, -0.25) is 35.3 Å². The number of nitrogens with zero attached hydrogens (tertiary/aromatic N) is 5. The Morgan fingerprint density at radius 3 is 2.27 bits per heavy atom. The van der Waals surface area contributed by atoms with E-state index >= 15 is 4.39 Å². The van der Waals surface area contributed by atoms with Crippen molar-refractivity contribution in [3.63, 3.8) is 0 Å². The van der Waals surface area contributed by atoms with Crippen LogP contribution in [0.5, 0.6) is 0 Å². The van der Waals surface area contributed by atoms with E-state index in [1.54, 1.807) is 0 Å². The van der Waals surface area contributed by atoms with Crippen LogP contribution in [0.4, 0.5) is 4.39 Å². The third kappa shape index (κ3) is 11.4. The van der Waals surface area contributed by atoms with Crippen LogP contribution >= 0.6 is 0 Å². The first-order valence-corrected chi connectivity index (χ1v) is 26.0. The first-order valence-electron chi connectivity index (χ1n) is 26.0. The Balaban J connectivity index is 0.920. The molecule has 0 spiro atoms. The van der Waals surface area contributed by atoms with Crippen molar-refractivity contribution in [2.24, 2.45) is 39.6 Å². The summed E-state index contributed by atoms with van der Waals surface area (Å²) in [6, 6.07) is 0.348. The van der Waals surface area contributed by atoms with E-state index in [4.69, 9.17) is 19.2 Å². The number of alkyl halides is 1. The van der Waals surface area contributed by atoms with Gasteiger partial charge in [0.1, 0.15) is 30.7 Å². The van der Waals surface area contributed by atoms with Crippen LogP contribution < -0.4 is 21.3 Å². The Kier molecular flexibility index (Phi) is 17.7. The Morgan fingerprint density at radius 1 is 0.881 bits per heavy atom. The summed E-state index contributed by atoms with van der Waals surface area (Å²) in [6.45, 7) is 15.6. The van der Waals surface area contributed by atoms with Crippen LogP contribution in [-0.4, -0.2) is 187 Å². The molecule has 0 radical (unpaired) electrons. The maximum Gasteiger partial charge on any atom is 0.213 e. The number of nitrogens with one attached hydrogen (secondary N) is 4. The minimum Gasteiger partial charge on any atom is -0.377 e. The fraction of sp³-hybridized carbons (Fsp3) is 0.880. The summed E-state index contributed by atoms with van der Waals surface area (Å²) in [6.07, 6.45) is 11.7. The van der Waals surface area contributed by atoms with Gasteiger partial charge in [0.05, 0.1) is 37.3 Å². The largest absolute Gasteiger partial charge is 0.377 e. The number of rotatable bonds is 21. The molecule has 0 aromatic heterocycles. The van der Waals surface area contributed by atoms with Crippen molar-refractivity contribution in [3.8, 4) is 0 Å². The molecule has 67 heavy (non-hydrogen) atoms. The first kappa shape index (κ1) is 51.4. The van der Waals surface area contributed by atoms with E-state index in [2.05, 4.69) is 59.8 Å². The van der Waals surface area contributed by atoms with E-state index in [-0.39, 0.29) is 60.4 Å². The SMILES string of the molecule is C=NCC(NC[C@@H]1CCCN1C(O)[C@@H](NC(O)OC)C(C)C)C1=CCC2C(C1)CC1C3CCC(C4CN=C([C@@H]5CCCN5C(O)[C@@H](NC(O)OC)C(C)C)N4)CC3OC(C3=CCCC(F)C3)N21. The molecule has 0 aromatic rings. The standard InChI is InChI=1S/C50H86FN9O7/c1-28(2)43(56-49(63)65-6)46(61)58-19-9-13-35(58)25-53-37(26-52-5)30-16-18-39-33(21-30)23-41-36-17-15-31(24-42(36)67-48(60(39)41)32-11-8-12-34(51)22-32)38-27-54-45(55-38)40-14-10-20-59(40)47(62)44(29(3)4)57-50(64)66-7/h11,16,28-29,31,33-44,46-50,53,56-57,61-64H,5,8-10,12-15,17-27H2,1-4,6-7H3,(H,54,55)/t31?,33?,34?,35-,36?,37?,38?,39?,40-,41?,42?,43-,44-,46?,47?,48?,49?,50?/m0/s1. The molecule has 5 heterocycles. The number of aliphatic hydroxyl groups excluding tert-OH is 4. The molecule has 8 rings (SSSR count). The molecule has 17 heteroatoms. The molecule has 8 N–H and O–H groups in total. The van der Waals surface area contributed by atoms with E-state index in [1.807, 2.05) is 27.7 Å². The molecule has 5 aliphatic heterocycles. The molecule has 0 amide bonds. The Morgan fingerprint density at radius 2 is 1.58 bits per heavy atom. The fourth-order valence-electron chi connectivity index (χ4n) is 13.7. The second kappa shape index (κ2) is 23.1. The van der Waals surface area contributed by atoms with Gasteiger partial charge in [0, 0.05) is 76.4 Å². The molecular formula is C50H86FN9O7. The number of ether oxygens (including phenoxy) is 3. The number of aliphatic hydroxyl groups is 4. The van der Waals surface area contributed by atoms with Crippen molar-refractivity contribution in [2.45, 2.75) is 203 Å². The number of halogens is 1. The summed E-state index contributed by atoms with van der Waals surface area (Å²) >= 11 is 0. The van der Waals surface area contributed by atoms with Crippen molar-refractivity contribution in [3.05, 3.63) is 23.3 Å². The monoisotopic (exact) mass is 944 g/mol. The highest BCUT2D eigenvalue weighted by molar-refractivity contribution is 5.89. The fourth-order valence-corrected chi connectivity index (χ4v) is 13.7. The van der Waals surface area contributed by atoms with E-state index in [0.717, 1.165) is 95.1 Å². The van der Waals surface area contributed by atoms with E-state index in [1.165, 1.54) is 19.8 Å². The van der Waals surface area contributed by atoms with Gasteiger partial charge in [0.15, 0.2) is 0 Å². The van der Waals surface area contributed by atoms with Gasteiger partial charge in [-0.2, -0.15) is 0 Å². The lowest BCUT2D eigenvalue weighted by atomic mass is 9.71. The van der Waals surface area contributed by atoms with Crippen LogP contribution in [0.25, 0.3) is 0 Å². The molecule has 0 bridgehead atoms. The zero-order chi connectivity index (χ0) is 47.5. The van der Waals surface area contributed by atoms with Gasteiger partial charge in [-0.1, -0.05) is 45.4 Å². The van der Waals surface area contributed by atoms with Crippen LogP contribution in [0.15, 0.2) is 33.3 Å². The summed E-state index contributed by atoms with van der Waals surface area (Å²) in [7, 11) is 2.89. The number of hydrogen-bond acceptors (Lipinski definition) is 16. The average molecular weight is 944 g/mol. The zero-order valence-corrected chi connectivity index (χ0v) is 41.3. The highest BCUT2D eigenvalue weighted by atomic mass is 19.1. The highest BCUT2D eigenvalue weighted by Gasteiger charge is 2.56. The minimum absolute atomic E-state index is 0.0142. The number of aliphatic imine (C=N–C) groups is 2. The minimum atomic E-state index is -1.16. The van der Waals surface area contributed by atoms with Crippen LogP contribution in [0, 0.1) is 29.6 Å². The number of amidine groups is 1. The number of methoxy groups -OCH3 is 2. The van der Waals surface area contributed by atoms with E-state index in [9.17, 15) is 20.4 Å². The lowest BCUT2D eigenvalue weighted by molar-refractivity contribution is -0.194. The molecule has 14 unspecified atom stereocenters. The van der Waals surface area contributed by atoms with Crippen LogP contribution in [-0.2, 0) is 14.2 Å². The average Bonchev–Trinajstić information content (AvgIpc) is 4.16. The van der Waals surface area contributed by atoms with Gasteiger partial charge in [-0.25, -0.2) is 4.39 Å². The smallest absolute Gasteiger partial charge is 0.213 e. The number of fused-ring (bicyclic) bond motifs is 5. The molecule has 0 aromatic carbocycles. The van der Waals surface area contributed by atoms with Crippen LogP contribution in [0.2, 0.25) is 0 Å². The summed E-state index contributed by atoms with van der Waals surface area (Å²) < 4.78 is 32.7. The highest BCUT2D eigenvalue weighted by Crippen LogP contribution is 2.52. The number of likely N-dealkylation sites (tertiary alicyclic amines) is 2. The number of allylic oxidation sites excluding steroid dienone is 1. The van der Waals surface area contributed by atoms with Gasteiger partial charge >= 0.3 is 0 Å². The number of hydrogen-bond donors (Lipinski definition) is 8. The summed E-state index contributed by atoms with van der Waals surface area (Å²) in [5.41, 5.74) is 2.52. The quantitative estimate of drug-likeness (QED) is 0.0477. The molecule has 4 saturated heterocycles. The van der Waals surface area contributed by atoms with E-state index < -0.39 is 31.5 Å². The predicted octanol–water partition coefficient (Wildman–Crippen LogP) is 3.02. The molecule has 1 saturated carbocycles. The van der Waals surface area contributed by atoms with Gasteiger partial charge < -0.3 is 45.3 Å². The summed E-state index contributed by atoms with van der Waals surface area (Å²) in [5.74, 6) is 2.37. The topological polar surface area (TPSA) is 191 Å². The van der Waals surface area contributed by atoms with Crippen molar-refractivity contribution in [1.82, 2.24) is 36.0 Å². The Labute approximate surface area is 399 Å². The van der Waals surface area contributed by atoms with Crippen molar-refractivity contribution in [2.75, 3.05) is 46.9 Å².